The monoisotopic (exact) mass is 125 g/mol. The van der Waals surface area contributed by atoms with Crippen LogP contribution in [0.3, 0.4) is 0 Å². The molecule has 0 aliphatic rings. The van der Waals surface area contributed by atoms with E-state index in [9.17, 15) is 0 Å². The summed E-state index contributed by atoms with van der Waals surface area (Å²) in [6, 6.07) is 0. The van der Waals surface area contributed by atoms with Gasteiger partial charge in [-0.2, -0.15) is 0 Å². The van der Waals surface area contributed by atoms with Crippen LogP contribution in [0.1, 0.15) is 20.8 Å². The Labute approximate surface area is 57.3 Å². The second-order valence-electron chi connectivity index (χ2n) is 2.93. The predicted octanol–water partition coefficient (Wildman–Crippen LogP) is 2.06. The molecule has 0 spiro atoms. The minimum atomic E-state index is -0.111. The molecule has 52 valence electrons. The Balaban J connectivity index is 4.38. The molecular formula is C8H15N. The zero-order valence-corrected chi connectivity index (χ0v) is 6.49. The Kier molecular flexibility index (Phi) is 2.08. The standard InChI is InChI=1S/C8H15N/c1-6(2)8(4,5)7(3)9/h1,3,9H2,2,4-5H3. The molecule has 0 radical (unpaired) electrons. The van der Waals surface area contributed by atoms with Gasteiger partial charge in [-0.3, -0.25) is 0 Å². The van der Waals surface area contributed by atoms with Gasteiger partial charge in [-0.1, -0.05) is 32.6 Å². The minimum Gasteiger partial charge on any atom is -0.402 e. The van der Waals surface area contributed by atoms with E-state index in [2.05, 4.69) is 13.2 Å². The molecule has 2 N–H and O–H groups in total. The lowest BCUT2D eigenvalue weighted by Gasteiger charge is -2.24. The quantitative estimate of drug-likeness (QED) is 0.562. The second kappa shape index (κ2) is 2.26. The molecule has 0 saturated carbocycles. The van der Waals surface area contributed by atoms with Crippen molar-refractivity contribution in [3.63, 3.8) is 0 Å². The zero-order valence-electron chi connectivity index (χ0n) is 6.49. The number of hydrogen-bond donors (Lipinski definition) is 1. The van der Waals surface area contributed by atoms with Crippen molar-refractivity contribution in [2.75, 3.05) is 0 Å². The molecule has 1 heteroatoms. The van der Waals surface area contributed by atoms with Gasteiger partial charge in [-0.25, -0.2) is 0 Å². The highest BCUT2D eigenvalue weighted by atomic mass is 14.6. The summed E-state index contributed by atoms with van der Waals surface area (Å²) in [7, 11) is 0. The van der Waals surface area contributed by atoms with Crippen LogP contribution in [0.5, 0.6) is 0 Å². The zero-order chi connectivity index (χ0) is 7.65. The maximum absolute atomic E-state index is 5.52. The summed E-state index contributed by atoms with van der Waals surface area (Å²) in [5.74, 6) is 0. The van der Waals surface area contributed by atoms with E-state index in [1.54, 1.807) is 0 Å². The van der Waals surface area contributed by atoms with Crippen LogP contribution in [-0.2, 0) is 0 Å². The van der Waals surface area contributed by atoms with Crippen LogP contribution in [0.25, 0.3) is 0 Å². The number of hydrogen-bond acceptors (Lipinski definition) is 1. The first-order valence-electron chi connectivity index (χ1n) is 3.00. The molecule has 0 atom stereocenters. The van der Waals surface area contributed by atoms with Gasteiger partial charge in [-0.05, 0) is 6.92 Å². The smallest absolute Gasteiger partial charge is 0.0239 e. The summed E-state index contributed by atoms with van der Waals surface area (Å²) >= 11 is 0. The van der Waals surface area contributed by atoms with Gasteiger partial charge in [0.2, 0.25) is 0 Å². The highest BCUT2D eigenvalue weighted by Crippen LogP contribution is 2.28. The van der Waals surface area contributed by atoms with Crippen molar-refractivity contribution in [1.82, 2.24) is 0 Å². The maximum Gasteiger partial charge on any atom is 0.0239 e. The summed E-state index contributed by atoms with van der Waals surface area (Å²) in [6.07, 6.45) is 0. The van der Waals surface area contributed by atoms with Crippen LogP contribution < -0.4 is 5.73 Å². The number of rotatable bonds is 2. The highest BCUT2D eigenvalue weighted by molar-refractivity contribution is 5.18. The van der Waals surface area contributed by atoms with Gasteiger partial charge in [0.15, 0.2) is 0 Å². The van der Waals surface area contributed by atoms with Crippen LogP contribution in [-0.4, -0.2) is 0 Å². The van der Waals surface area contributed by atoms with E-state index >= 15 is 0 Å². The Bertz CT molecular complexity index is 127. The van der Waals surface area contributed by atoms with Gasteiger partial charge in [-0.15, -0.1) is 0 Å². The van der Waals surface area contributed by atoms with Crippen molar-refractivity contribution in [2.45, 2.75) is 20.8 Å². The van der Waals surface area contributed by atoms with Crippen molar-refractivity contribution < 1.29 is 0 Å². The Hall–Kier alpha value is -0.720. The van der Waals surface area contributed by atoms with Crippen LogP contribution in [0.4, 0.5) is 0 Å². The molecule has 0 bridgehead atoms. The van der Waals surface area contributed by atoms with Crippen LogP contribution in [0.15, 0.2) is 24.4 Å². The molecule has 0 fully saturated rings. The van der Waals surface area contributed by atoms with E-state index < -0.39 is 0 Å². The van der Waals surface area contributed by atoms with Gasteiger partial charge < -0.3 is 5.73 Å². The lowest BCUT2D eigenvalue weighted by molar-refractivity contribution is 0.536. The molecule has 0 amide bonds. The Morgan fingerprint density at radius 3 is 1.67 bits per heavy atom. The van der Waals surface area contributed by atoms with E-state index in [0.29, 0.717) is 5.70 Å². The van der Waals surface area contributed by atoms with E-state index in [1.165, 1.54) is 0 Å². The summed E-state index contributed by atoms with van der Waals surface area (Å²) in [5.41, 5.74) is 7.13. The summed E-state index contributed by atoms with van der Waals surface area (Å²) in [4.78, 5) is 0. The lowest BCUT2D eigenvalue weighted by Crippen LogP contribution is -2.20. The average Bonchev–Trinajstić information content (AvgIpc) is 1.65. The van der Waals surface area contributed by atoms with E-state index in [0.717, 1.165) is 5.57 Å². The topological polar surface area (TPSA) is 26.0 Å². The van der Waals surface area contributed by atoms with Crippen LogP contribution in [0, 0.1) is 5.41 Å². The van der Waals surface area contributed by atoms with E-state index in [4.69, 9.17) is 5.73 Å². The van der Waals surface area contributed by atoms with Crippen molar-refractivity contribution in [3.05, 3.63) is 24.4 Å². The Morgan fingerprint density at radius 1 is 1.33 bits per heavy atom. The predicted molar refractivity (Wildman–Crippen MR) is 41.9 cm³/mol. The molecule has 0 aliphatic heterocycles. The normalized spacial score (nSPS) is 11.0. The van der Waals surface area contributed by atoms with E-state index in [1.807, 2.05) is 20.8 Å². The Morgan fingerprint density at radius 2 is 1.67 bits per heavy atom. The minimum absolute atomic E-state index is 0.111. The fourth-order valence-corrected chi connectivity index (χ4v) is 0.274. The summed E-state index contributed by atoms with van der Waals surface area (Å²) in [5, 5.41) is 0. The first-order valence-corrected chi connectivity index (χ1v) is 3.00. The van der Waals surface area contributed by atoms with Crippen molar-refractivity contribution in [1.29, 1.82) is 0 Å². The third-order valence-corrected chi connectivity index (χ3v) is 1.87. The second-order valence-corrected chi connectivity index (χ2v) is 2.93. The average molecular weight is 125 g/mol. The van der Waals surface area contributed by atoms with E-state index in [-0.39, 0.29) is 5.41 Å². The van der Waals surface area contributed by atoms with Gasteiger partial charge in [0.1, 0.15) is 0 Å². The first-order chi connectivity index (χ1) is 3.89. The fraction of sp³-hybridized carbons (Fsp3) is 0.500. The molecule has 1 nitrogen and oxygen atoms in total. The lowest BCUT2D eigenvalue weighted by atomic mass is 9.84. The van der Waals surface area contributed by atoms with Crippen molar-refractivity contribution in [3.8, 4) is 0 Å². The van der Waals surface area contributed by atoms with Gasteiger partial charge in [0.25, 0.3) is 0 Å². The third kappa shape index (κ3) is 1.60. The molecule has 9 heavy (non-hydrogen) atoms. The van der Waals surface area contributed by atoms with Crippen LogP contribution in [0.2, 0.25) is 0 Å². The van der Waals surface area contributed by atoms with Crippen molar-refractivity contribution >= 4 is 0 Å². The molecule has 0 aromatic rings. The number of nitrogens with two attached hydrogens (primary N) is 1. The molecule has 0 aromatic carbocycles. The number of allylic oxidation sites excluding steroid dienone is 1. The van der Waals surface area contributed by atoms with Gasteiger partial charge in [0.05, 0.1) is 0 Å². The molecule has 0 rings (SSSR count). The maximum atomic E-state index is 5.52. The van der Waals surface area contributed by atoms with Gasteiger partial charge in [0, 0.05) is 11.1 Å². The fourth-order valence-electron chi connectivity index (χ4n) is 0.274. The van der Waals surface area contributed by atoms with Gasteiger partial charge >= 0.3 is 0 Å². The summed E-state index contributed by atoms with van der Waals surface area (Å²) < 4.78 is 0. The first kappa shape index (κ1) is 8.28. The largest absolute Gasteiger partial charge is 0.402 e. The molecule has 0 aromatic heterocycles. The summed E-state index contributed by atoms with van der Waals surface area (Å²) in [6.45, 7) is 13.5. The SMILES string of the molecule is C=C(C)C(C)(C)C(=C)N. The molecular weight excluding hydrogens is 110 g/mol. The third-order valence-electron chi connectivity index (χ3n) is 1.87. The molecule has 0 aliphatic carbocycles. The molecule has 0 saturated heterocycles. The van der Waals surface area contributed by atoms with Crippen molar-refractivity contribution in [2.24, 2.45) is 11.1 Å². The molecule has 0 unspecified atom stereocenters. The van der Waals surface area contributed by atoms with Crippen LogP contribution >= 0.6 is 0 Å². The highest BCUT2D eigenvalue weighted by Gasteiger charge is 2.19. The molecule has 0 heterocycles.